The number of methoxy groups -OCH3 is 1. The number of amides is 1. The van der Waals surface area contributed by atoms with Crippen LogP contribution in [0.25, 0.3) is 16.7 Å². The molecule has 1 aliphatic rings. The van der Waals surface area contributed by atoms with Gasteiger partial charge in [-0.3, -0.25) is 4.79 Å². The van der Waals surface area contributed by atoms with E-state index < -0.39 is 0 Å². The smallest absolute Gasteiger partial charge is 0.262 e. The number of benzene rings is 3. The monoisotopic (exact) mass is 490 g/mol. The van der Waals surface area contributed by atoms with Crippen molar-refractivity contribution in [2.75, 3.05) is 19.0 Å². The maximum absolute atomic E-state index is 12.5. The summed E-state index contributed by atoms with van der Waals surface area (Å²) in [7, 11) is 1.57. The van der Waals surface area contributed by atoms with E-state index in [0.717, 1.165) is 0 Å². The van der Waals surface area contributed by atoms with Gasteiger partial charge in [-0.25, -0.2) is 0 Å². The Kier molecular flexibility index (Phi) is 6.86. The van der Waals surface area contributed by atoms with Crippen molar-refractivity contribution in [3.63, 3.8) is 0 Å². The second kappa shape index (κ2) is 10.4. The van der Waals surface area contributed by atoms with Crippen LogP contribution in [0.15, 0.2) is 60.7 Å². The van der Waals surface area contributed by atoms with E-state index in [-0.39, 0.29) is 12.5 Å². The van der Waals surface area contributed by atoms with Crippen LogP contribution in [-0.4, -0.2) is 34.6 Å². The van der Waals surface area contributed by atoms with Gasteiger partial charge in [0.2, 0.25) is 0 Å². The first kappa shape index (κ1) is 23.2. The van der Waals surface area contributed by atoms with Crippen LogP contribution < -0.4 is 14.8 Å². The zero-order chi connectivity index (χ0) is 24.2. The fourth-order valence-corrected chi connectivity index (χ4v) is 4.76. The lowest BCUT2D eigenvalue weighted by atomic mass is 9.84. The first-order valence-electron chi connectivity index (χ1n) is 11.8. The highest BCUT2D eigenvalue weighted by atomic mass is 35.5. The topological polar surface area (TPSA) is 78.3 Å². The zero-order valence-electron chi connectivity index (χ0n) is 19.5. The second-order valence-electron chi connectivity index (χ2n) is 8.75. The van der Waals surface area contributed by atoms with Crippen LogP contribution >= 0.6 is 11.6 Å². The van der Waals surface area contributed by atoms with Crippen molar-refractivity contribution in [2.45, 2.75) is 38.0 Å². The number of hydrogen-bond acceptors (Lipinski definition) is 5. The zero-order valence-corrected chi connectivity index (χ0v) is 20.3. The van der Waals surface area contributed by atoms with E-state index in [2.05, 4.69) is 27.6 Å². The molecule has 1 saturated carbocycles. The van der Waals surface area contributed by atoms with Crippen molar-refractivity contribution in [3.8, 4) is 17.2 Å². The van der Waals surface area contributed by atoms with Gasteiger partial charge in [0.05, 0.1) is 17.8 Å². The maximum Gasteiger partial charge on any atom is 0.262 e. The summed E-state index contributed by atoms with van der Waals surface area (Å²) >= 11 is 6.22. The molecule has 8 heteroatoms. The Balaban J connectivity index is 1.20. The summed E-state index contributed by atoms with van der Waals surface area (Å²) in [6, 6.07) is 18.9. The van der Waals surface area contributed by atoms with E-state index in [1.54, 1.807) is 31.4 Å². The summed E-state index contributed by atoms with van der Waals surface area (Å²) < 4.78 is 10.9. The minimum absolute atomic E-state index is 0.0716. The molecule has 180 valence electrons. The van der Waals surface area contributed by atoms with Crippen LogP contribution in [-0.2, 0) is 4.79 Å². The SMILES string of the molecule is COc1ccc(-n2nc3ccc(NC(=O)COc4ccc(C5CCCCC5)cc4)cc3n2)cc1Cl. The summed E-state index contributed by atoms with van der Waals surface area (Å²) in [5, 5.41) is 12.3. The number of carbonyl (C=O) groups is 1. The normalized spacial score (nSPS) is 14.1. The van der Waals surface area contributed by atoms with E-state index in [0.29, 0.717) is 44.8 Å². The van der Waals surface area contributed by atoms with Gasteiger partial charge in [0.25, 0.3) is 5.91 Å². The highest BCUT2D eigenvalue weighted by molar-refractivity contribution is 6.32. The quantitative estimate of drug-likeness (QED) is 0.336. The number of ether oxygens (including phenoxy) is 2. The van der Waals surface area contributed by atoms with Crippen LogP contribution in [0.4, 0.5) is 5.69 Å². The van der Waals surface area contributed by atoms with Gasteiger partial charge in [-0.05, 0) is 72.9 Å². The predicted octanol–water partition coefficient (Wildman–Crippen LogP) is 6.15. The molecule has 0 spiro atoms. The molecule has 1 fully saturated rings. The van der Waals surface area contributed by atoms with E-state index in [1.807, 2.05) is 24.3 Å². The summed E-state index contributed by atoms with van der Waals surface area (Å²) in [6.45, 7) is -0.0716. The van der Waals surface area contributed by atoms with Gasteiger partial charge >= 0.3 is 0 Å². The average molecular weight is 491 g/mol. The van der Waals surface area contributed by atoms with Gasteiger partial charge in [0, 0.05) is 5.69 Å². The van der Waals surface area contributed by atoms with Crippen molar-refractivity contribution in [2.24, 2.45) is 0 Å². The van der Waals surface area contributed by atoms with Gasteiger partial charge in [0.1, 0.15) is 22.5 Å². The third-order valence-electron chi connectivity index (χ3n) is 6.36. The molecular weight excluding hydrogens is 464 g/mol. The lowest BCUT2D eigenvalue weighted by molar-refractivity contribution is -0.118. The standard InChI is InChI=1S/C27H27ClN4O3/c1-34-26-14-10-21(16-23(26)28)32-30-24-13-9-20(15-25(24)31-32)29-27(33)17-35-22-11-7-19(8-12-22)18-5-3-2-4-6-18/h7-16,18H,2-6,17H2,1H3,(H,29,33). The van der Waals surface area contributed by atoms with Crippen LogP contribution in [0.5, 0.6) is 11.5 Å². The number of anilines is 1. The van der Waals surface area contributed by atoms with Crippen molar-refractivity contribution in [1.82, 2.24) is 15.0 Å². The number of halogens is 1. The fourth-order valence-electron chi connectivity index (χ4n) is 4.51. The first-order valence-corrected chi connectivity index (χ1v) is 12.2. The lowest BCUT2D eigenvalue weighted by Gasteiger charge is -2.22. The lowest BCUT2D eigenvalue weighted by Crippen LogP contribution is -2.20. The van der Waals surface area contributed by atoms with Gasteiger partial charge < -0.3 is 14.8 Å². The molecule has 4 aromatic rings. The molecular formula is C27H27ClN4O3. The third kappa shape index (κ3) is 5.41. The molecule has 5 rings (SSSR count). The molecule has 0 radical (unpaired) electrons. The van der Waals surface area contributed by atoms with Crippen molar-refractivity contribution in [1.29, 1.82) is 0 Å². The minimum Gasteiger partial charge on any atom is -0.495 e. The van der Waals surface area contributed by atoms with E-state index >= 15 is 0 Å². The highest BCUT2D eigenvalue weighted by Gasteiger charge is 2.15. The van der Waals surface area contributed by atoms with E-state index in [4.69, 9.17) is 21.1 Å². The molecule has 0 unspecified atom stereocenters. The summed E-state index contributed by atoms with van der Waals surface area (Å²) in [4.78, 5) is 14.0. The molecule has 0 aliphatic heterocycles. The van der Waals surface area contributed by atoms with Crippen LogP contribution in [0.1, 0.15) is 43.6 Å². The number of rotatable bonds is 7. The van der Waals surface area contributed by atoms with Crippen LogP contribution in [0.3, 0.4) is 0 Å². The Hall–Kier alpha value is -3.58. The van der Waals surface area contributed by atoms with Crippen molar-refractivity contribution < 1.29 is 14.3 Å². The van der Waals surface area contributed by atoms with Gasteiger partial charge in [-0.15, -0.1) is 10.2 Å². The number of fused-ring (bicyclic) bond motifs is 1. The average Bonchev–Trinajstić information content (AvgIpc) is 3.32. The van der Waals surface area contributed by atoms with Crippen molar-refractivity contribution in [3.05, 3.63) is 71.2 Å². The van der Waals surface area contributed by atoms with E-state index in [1.165, 1.54) is 42.5 Å². The number of nitrogens with one attached hydrogen (secondary N) is 1. The Bertz CT molecular complexity index is 1330. The Morgan fingerprint density at radius 3 is 2.51 bits per heavy atom. The second-order valence-corrected chi connectivity index (χ2v) is 9.16. The number of nitrogens with zero attached hydrogens (tertiary/aromatic N) is 3. The van der Waals surface area contributed by atoms with Crippen LogP contribution in [0, 0.1) is 0 Å². The van der Waals surface area contributed by atoms with Crippen LogP contribution in [0.2, 0.25) is 5.02 Å². The summed E-state index contributed by atoms with van der Waals surface area (Å²) in [5.74, 6) is 1.68. The molecule has 0 atom stereocenters. The number of aromatic nitrogens is 3. The molecule has 35 heavy (non-hydrogen) atoms. The number of carbonyl (C=O) groups excluding carboxylic acids is 1. The fraction of sp³-hybridized carbons (Fsp3) is 0.296. The molecule has 1 heterocycles. The van der Waals surface area contributed by atoms with Crippen molar-refractivity contribution >= 4 is 34.2 Å². The largest absolute Gasteiger partial charge is 0.495 e. The Morgan fingerprint density at radius 2 is 1.77 bits per heavy atom. The molecule has 1 aliphatic carbocycles. The molecule has 1 amide bonds. The summed E-state index contributed by atoms with van der Waals surface area (Å²) in [5.41, 5.74) is 4.04. The van der Waals surface area contributed by atoms with E-state index in [9.17, 15) is 4.79 Å². The Morgan fingerprint density at radius 1 is 1.00 bits per heavy atom. The third-order valence-corrected chi connectivity index (χ3v) is 6.65. The minimum atomic E-state index is -0.241. The van der Waals surface area contributed by atoms with Gasteiger partial charge in [-0.2, -0.15) is 4.80 Å². The molecule has 1 N–H and O–H groups in total. The van der Waals surface area contributed by atoms with Gasteiger partial charge in [-0.1, -0.05) is 43.0 Å². The van der Waals surface area contributed by atoms with Gasteiger partial charge in [0.15, 0.2) is 6.61 Å². The molecule has 3 aromatic carbocycles. The number of hydrogen-bond donors (Lipinski definition) is 1. The molecule has 1 aromatic heterocycles. The molecule has 0 saturated heterocycles. The summed E-state index contributed by atoms with van der Waals surface area (Å²) in [6.07, 6.45) is 6.47. The maximum atomic E-state index is 12.5. The predicted molar refractivity (Wildman–Crippen MR) is 137 cm³/mol. The highest BCUT2D eigenvalue weighted by Crippen LogP contribution is 2.33. The first-order chi connectivity index (χ1) is 17.1. The molecule has 7 nitrogen and oxygen atoms in total. The molecule has 0 bridgehead atoms. The Labute approximate surface area is 209 Å².